The van der Waals surface area contributed by atoms with Crippen molar-refractivity contribution >= 4 is 17.1 Å². The van der Waals surface area contributed by atoms with Gasteiger partial charge in [-0.2, -0.15) is 4.99 Å². The molecule has 84 valence electrons. The highest BCUT2D eigenvalue weighted by Crippen LogP contribution is 2.49. The van der Waals surface area contributed by atoms with E-state index in [1.165, 1.54) is 6.20 Å². The van der Waals surface area contributed by atoms with Crippen LogP contribution in [0.1, 0.15) is 18.4 Å². The van der Waals surface area contributed by atoms with Crippen LogP contribution in [0.3, 0.4) is 0 Å². The van der Waals surface area contributed by atoms with E-state index in [1.54, 1.807) is 12.1 Å². The van der Waals surface area contributed by atoms with Crippen molar-refractivity contribution in [3.8, 4) is 0 Å². The molecule has 1 aromatic heterocycles. The van der Waals surface area contributed by atoms with Crippen LogP contribution in [0.4, 0.5) is 0 Å². The fourth-order valence-corrected chi connectivity index (χ4v) is 2.00. The lowest BCUT2D eigenvalue weighted by Crippen LogP contribution is -2.07. The van der Waals surface area contributed by atoms with Crippen LogP contribution in [0.25, 0.3) is 11.0 Å². The van der Waals surface area contributed by atoms with Gasteiger partial charge >= 0.3 is 0 Å². The number of aromatic nitrogens is 2. The molecule has 1 saturated carbocycles. The van der Waals surface area contributed by atoms with Crippen LogP contribution in [0.5, 0.6) is 0 Å². The molecule has 0 radical (unpaired) electrons. The molecule has 1 fully saturated rings. The van der Waals surface area contributed by atoms with Crippen molar-refractivity contribution in [3.05, 3.63) is 40.3 Å². The Balaban J connectivity index is 2.17. The number of nitrogens with one attached hydrogen (secondary N) is 1. The standard InChI is InChI=1S/C12H9N3O2/c16-7-14-12(3-4-12)8-1-2-9-10(5-8)13-6-11(17)15-9/h1-2,5-6H,3-4H2,(H,15,17). The second-order valence-electron chi connectivity index (χ2n) is 4.21. The summed E-state index contributed by atoms with van der Waals surface area (Å²) in [6.07, 6.45) is 4.58. The Labute approximate surface area is 96.2 Å². The Morgan fingerprint density at radius 3 is 2.94 bits per heavy atom. The van der Waals surface area contributed by atoms with Gasteiger partial charge in [-0.1, -0.05) is 6.07 Å². The third-order valence-corrected chi connectivity index (χ3v) is 3.10. The maximum absolute atomic E-state index is 11.1. The summed E-state index contributed by atoms with van der Waals surface area (Å²) in [4.78, 5) is 32.1. The molecular weight excluding hydrogens is 218 g/mol. The first kappa shape index (κ1) is 9.93. The molecule has 5 heteroatoms. The Bertz CT molecular complexity index is 694. The lowest BCUT2D eigenvalue weighted by molar-refractivity contribution is 0.556. The highest BCUT2D eigenvalue weighted by Gasteiger charge is 2.44. The maximum atomic E-state index is 11.1. The Morgan fingerprint density at radius 2 is 2.24 bits per heavy atom. The van der Waals surface area contributed by atoms with Gasteiger partial charge in [0.1, 0.15) is 0 Å². The van der Waals surface area contributed by atoms with E-state index < -0.39 is 5.54 Å². The van der Waals surface area contributed by atoms with Crippen LogP contribution in [-0.2, 0) is 10.3 Å². The fourth-order valence-electron chi connectivity index (χ4n) is 2.00. The van der Waals surface area contributed by atoms with Crippen LogP contribution in [0.2, 0.25) is 0 Å². The zero-order valence-corrected chi connectivity index (χ0v) is 8.93. The molecule has 2 aromatic rings. The van der Waals surface area contributed by atoms with E-state index in [0.717, 1.165) is 18.4 Å². The summed E-state index contributed by atoms with van der Waals surface area (Å²) in [5, 5.41) is 0. The number of benzene rings is 1. The number of nitrogens with zero attached hydrogens (tertiary/aromatic N) is 2. The van der Waals surface area contributed by atoms with Crippen LogP contribution >= 0.6 is 0 Å². The highest BCUT2D eigenvalue weighted by molar-refractivity contribution is 5.75. The third-order valence-electron chi connectivity index (χ3n) is 3.10. The Hall–Kier alpha value is -2.26. The van der Waals surface area contributed by atoms with Gasteiger partial charge in [-0.3, -0.25) is 4.79 Å². The molecule has 1 aliphatic rings. The number of fused-ring (bicyclic) bond motifs is 1. The molecule has 3 rings (SSSR count). The molecule has 0 atom stereocenters. The number of carbonyl (C=O) groups excluding carboxylic acids is 1. The lowest BCUT2D eigenvalue weighted by Gasteiger charge is -2.08. The summed E-state index contributed by atoms with van der Waals surface area (Å²) in [5.74, 6) is 0. The molecular formula is C12H9N3O2. The van der Waals surface area contributed by atoms with Gasteiger partial charge in [0.05, 0.1) is 22.8 Å². The van der Waals surface area contributed by atoms with E-state index in [0.29, 0.717) is 11.0 Å². The van der Waals surface area contributed by atoms with E-state index in [9.17, 15) is 9.59 Å². The monoisotopic (exact) mass is 227 g/mol. The molecule has 1 aromatic carbocycles. The van der Waals surface area contributed by atoms with Crippen LogP contribution in [-0.4, -0.2) is 16.0 Å². The molecule has 1 N–H and O–H groups in total. The number of rotatable bonds is 2. The minimum absolute atomic E-state index is 0.225. The topological polar surface area (TPSA) is 75.2 Å². The summed E-state index contributed by atoms with van der Waals surface area (Å²) in [5.41, 5.74) is 1.72. The molecule has 0 bridgehead atoms. The van der Waals surface area contributed by atoms with Crippen molar-refractivity contribution in [2.45, 2.75) is 18.4 Å². The van der Waals surface area contributed by atoms with Gasteiger partial charge in [0.25, 0.3) is 5.56 Å². The molecule has 0 saturated heterocycles. The van der Waals surface area contributed by atoms with Gasteiger partial charge in [-0.15, -0.1) is 0 Å². The summed E-state index contributed by atoms with van der Waals surface area (Å²) >= 11 is 0. The van der Waals surface area contributed by atoms with Crippen molar-refractivity contribution in [2.75, 3.05) is 0 Å². The van der Waals surface area contributed by atoms with Crippen LogP contribution in [0, 0.1) is 0 Å². The Kier molecular flexibility index (Phi) is 1.97. The quantitative estimate of drug-likeness (QED) is 0.619. The van der Waals surface area contributed by atoms with Crippen LogP contribution < -0.4 is 5.56 Å². The predicted molar refractivity (Wildman–Crippen MR) is 61.4 cm³/mol. The molecule has 0 amide bonds. The number of H-pyrrole nitrogens is 1. The summed E-state index contributed by atoms with van der Waals surface area (Å²) in [6.45, 7) is 0. The molecule has 1 heterocycles. The third kappa shape index (κ3) is 1.57. The van der Waals surface area contributed by atoms with Gasteiger partial charge in [-0.25, -0.2) is 9.78 Å². The van der Waals surface area contributed by atoms with E-state index in [1.807, 2.05) is 12.1 Å². The zero-order valence-electron chi connectivity index (χ0n) is 8.93. The predicted octanol–water partition coefficient (Wildman–Crippen LogP) is 1.25. The SMILES string of the molecule is O=C=NC1(c2ccc3[nH]c(=O)cnc3c2)CC1. The number of hydrogen-bond acceptors (Lipinski definition) is 4. The van der Waals surface area contributed by atoms with E-state index in [4.69, 9.17) is 0 Å². The molecule has 5 nitrogen and oxygen atoms in total. The minimum Gasteiger partial charge on any atom is -0.319 e. The summed E-state index contributed by atoms with van der Waals surface area (Å²) in [7, 11) is 0. The molecule has 17 heavy (non-hydrogen) atoms. The largest absolute Gasteiger partial charge is 0.319 e. The lowest BCUT2D eigenvalue weighted by atomic mass is 10.0. The summed E-state index contributed by atoms with van der Waals surface area (Å²) < 4.78 is 0. The van der Waals surface area contributed by atoms with Crippen molar-refractivity contribution in [1.29, 1.82) is 0 Å². The highest BCUT2D eigenvalue weighted by atomic mass is 16.1. The van der Waals surface area contributed by atoms with Crippen molar-refractivity contribution in [3.63, 3.8) is 0 Å². The van der Waals surface area contributed by atoms with Gasteiger partial charge in [-0.05, 0) is 30.5 Å². The van der Waals surface area contributed by atoms with Crippen molar-refractivity contribution in [2.24, 2.45) is 4.99 Å². The number of isocyanates is 1. The number of aromatic amines is 1. The normalized spacial score (nSPS) is 16.5. The van der Waals surface area contributed by atoms with Gasteiger partial charge < -0.3 is 4.98 Å². The van der Waals surface area contributed by atoms with Crippen molar-refractivity contribution in [1.82, 2.24) is 9.97 Å². The average Bonchev–Trinajstić information content (AvgIpc) is 3.10. The number of aliphatic imine (C=N–C) groups is 1. The van der Waals surface area contributed by atoms with E-state index in [2.05, 4.69) is 15.0 Å². The summed E-state index contributed by atoms with van der Waals surface area (Å²) in [6, 6.07) is 5.52. The Morgan fingerprint density at radius 1 is 1.41 bits per heavy atom. The first-order chi connectivity index (χ1) is 8.23. The molecule has 0 spiro atoms. The average molecular weight is 227 g/mol. The molecule has 1 aliphatic carbocycles. The van der Waals surface area contributed by atoms with E-state index >= 15 is 0 Å². The minimum atomic E-state index is -0.395. The first-order valence-electron chi connectivity index (χ1n) is 5.32. The maximum Gasteiger partial charge on any atom is 0.266 e. The molecule has 0 unspecified atom stereocenters. The zero-order chi connectivity index (χ0) is 11.9. The second-order valence-corrected chi connectivity index (χ2v) is 4.21. The first-order valence-corrected chi connectivity index (χ1v) is 5.32. The van der Waals surface area contributed by atoms with Crippen LogP contribution in [0.15, 0.2) is 34.2 Å². The smallest absolute Gasteiger partial charge is 0.266 e. The number of hydrogen-bond donors (Lipinski definition) is 1. The van der Waals surface area contributed by atoms with Crippen molar-refractivity contribution < 1.29 is 4.79 Å². The van der Waals surface area contributed by atoms with Gasteiger partial charge in [0, 0.05) is 0 Å². The molecule has 0 aliphatic heterocycles. The van der Waals surface area contributed by atoms with Gasteiger partial charge in [0.15, 0.2) is 0 Å². The van der Waals surface area contributed by atoms with E-state index in [-0.39, 0.29) is 5.56 Å². The van der Waals surface area contributed by atoms with Gasteiger partial charge in [0.2, 0.25) is 6.08 Å². The second kappa shape index (κ2) is 3.37. The fraction of sp³-hybridized carbons (Fsp3) is 0.250.